The molecule has 1 amide bonds. The molecule has 0 N–H and O–H groups in total. The number of para-hydroxylation sites is 1. The van der Waals surface area contributed by atoms with Crippen LogP contribution in [0.3, 0.4) is 0 Å². The van der Waals surface area contributed by atoms with Crippen molar-refractivity contribution in [1.82, 2.24) is 19.4 Å². The SMILES string of the molecule is Cc1nc(C)c(C(=O)N2[C@@H]3CC[C@H]2Cn2c(nc4ccccc4c2=O)C3)o1. The maximum absolute atomic E-state index is 13.2. The Morgan fingerprint density at radius 3 is 2.70 bits per heavy atom. The number of rotatable bonds is 1. The van der Waals surface area contributed by atoms with Gasteiger partial charge in [-0.25, -0.2) is 9.97 Å². The van der Waals surface area contributed by atoms with Gasteiger partial charge in [-0.2, -0.15) is 0 Å². The third-order valence-electron chi connectivity index (χ3n) is 5.70. The maximum atomic E-state index is 13.2. The van der Waals surface area contributed by atoms with Crippen LogP contribution in [0.4, 0.5) is 0 Å². The fourth-order valence-corrected chi connectivity index (χ4v) is 4.50. The van der Waals surface area contributed by atoms with E-state index in [0.717, 1.165) is 18.7 Å². The van der Waals surface area contributed by atoms with Crippen LogP contribution >= 0.6 is 0 Å². The monoisotopic (exact) mass is 364 g/mol. The Balaban J connectivity index is 1.59. The van der Waals surface area contributed by atoms with Gasteiger partial charge < -0.3 is 9.32 Å². The topological polar surface area (TPSA) is 81.2 Å². The predicted octanol–water partition coefficient (Wildman–Crippen LogP) is 2.23. The number of nitrogens with zero attached hydrogens (tertiary/aromatic N) is 4. The summed E-state index contributed by atoms with van der Waals surface area (Å²) in [4.78, 5) is 37.1. The van der Waals surface area contributed by atoms with Gasteiger partial charge in [0.15, 0.2) is 5.89 Å². The highest BCUT2D eigenvalue weighted by atomic mass is 16.4. The van der Waals surface area contributed by atoms with E-state index in [9.17, 15) is 9.59 Å². The molecule has 0 spiro atoms. The zero-order valence-electron chi connectivity index (χ0n) is 15.3. The molecule has 2 bridgehead atoms. The number of hydrogen-bond donors (Lipinski definition) is 0. The van der Waals surface area contributed by atoms with E-state index in [1.165, 1.54) is 0 Å². The summed E-state index contributed by atoms with van der Waals surface area (Å²) in [6.07, 6.45) is 2.36. The van der Waals surface area contributed by atoms with E-state index in [-0.39, 0.29) is 23.6 Å². The largest absolute Gasteiger partial charge is 0.436 e. The van der Waals surface area contributed by atoms with E-state index in [0.29, 0.717) is 41.2 Å². The summed E-state index contributed by atoms with van der Waals surface area (Å²) in [5, 5.41) is 0.624. The number of carbonyl (C=O) groups is 1. The van der Waals surface area contributed by atoms with Crippen LogP contribution in [0, 0.1) is 13.8 Å². The fraction of sp³-hybridized carbons (Fsp3) is 0.400. The molecule has 5 rings (SSSR count). The highest BCUT2D eigenvalue weighted by molar-refractivity contribution is 5.93. The average Bonchev–Trinajstić information content (AvgIpc) is 3.13. The first kappa shape index (κ1) is 16.2. The van der Waals surface area contributed by atoms with Crippen LogP contribution < -0.4 is 5.56 Å². The van der Waals surface area contributed by atoms with Crippen molar-refractivity contribution >= 4 is 16.8 Å². The van der Waals surface area contributed by atoms with Gasteiger partial charge in [-0.15, -0.1) is 0 Å². The molecule has 0 saturated carbocycles. The lowest BCUT2D eigenvalue weighted by Crippen LogP contribution is -2.42. The van der Waals surface area contributed by atoms with Crippen molar-refractivity contribution < 1.29 is 9.21 Å². The van der Waals surface area contributed by atoms with E-state index in [1.807, 2.05) is 29.2 Å². The molecule has 2 aliphatic rings. The van der Waals surface area contributed by atoms with E-state index >= 15 is 0 Å². The molecule has 4 heterocycles. The normalized spacial score (nSPS) is 21.3. The summed E-state index contributed by atoms with van der Waals surface area (Å²) in [7, 11) is 0. The van der Waals surface area contributed by atoms with E-state index < -0.39 is 0 Å². The number of fused-ring (bicyclic) bond motifs is 4. The second-order valence-corrected chi connectivity index (χ2v) is 7.41. The molecule has 1 aromatic carbocycles. The van der Waals surface area contributed by atoms with Crippen molar-refractivity contribution in [1.29, 1.82) is 0 Å². The van der Waals surface area contributed by atoms with Crippen molar-refractivity contribution in [2.75, 3.05) is 0 Å². The molecule has 0 aliphatic carbocycles. The Morgan fingerprint density at radius 1 is 1.15 bits per heavy atom. The lowest BCUT2D eigenvalue weighted by molar-refractivity contribution is 0.0630. The first-order chi connectivity index (χ1) is 13.0. The molecule has 2 aromatic heterocycles. The highest BCUT2D eigenvalue weighted by Crippen LogP contribution is 2.32. The van der Waals surface area contributed by atoms with Crippen LogP contribution in [-0.2, 0) is 13.0 Å². The minimum absolute atomic E-state index is 0.0223. The molecule has 0 radical (unpaired) electrons. The molecule has 7 heteroatoms. The molecule has 1 saturated heterocycles. The second-order valence-electron chi connectivity index (χ2n) is 7.41. The van der Waals surface area contributed by atoms with Crippen molar-refractivity contribution in [2.24, 2.45) is 0 Å². The van der Waals surface area contributed by atoms with Gasteiger partial charge in [0.2, 0.25) is 5.76 Å². The molecule has 3 aromatic rings. The number of benzene rings is 1. The van der Waals surface area contributed by atoms with Gasteiger partial charge in [0, 0.05) is 25.9 Å². The van der Waals surface area contributed by atoms with Gasteiger partial charge in [0.05, 0.1) is 22.6 Å². The van der Waals surface area contributed by atoms with Crippen LogP contribution in [0.2, 0.25) is 0 Å². The predicted molar refractivity (Wildman–Crippen MR) is 98.7 cm³/mol. The quantitative estimate of drug-likeness (QED) is 0.661. The highest BCUT2D eigenvalue weighted by Gasteiger charge is 2.42. The van der Waals surface area contributed by atoms with Gasteiger partial charge >= 0.3 is 0 Å². The summed E-state index contributed by atoms with van der Waals surface area (Å²) in [5.74, 6) is 1.42. The van der Waals surface area contributed by atoms with E-state index in [4.69, 9.17) is 9.40 Å². The zero-order valence-corrected chi connectivity index (χ0v) is 15.3. The number of hydrogen-bond acceptors (Lipinski definition) is 5. The average molecular weight is 364 g/mol. The lowest BCUT2D eigenvalue weighted by Gasteiger charge is -2.26. The molecular formula is C20H20N4O3. The molecular weight excluding hydrogens is 344 g/mol. The summed E-state index contributed by atoms with van der Waals surface area (Å²) >= 11 is 0. The fourth-order valence-electron chi connectivity index (χ4n) is 4.50. The number of aryl methyl sites for hydroxylation is 2. The first-order valence-electron chi connectivity index (χ1n) is 9.28. The summed E-state index contributed by atoms with van der Waals surface area (Å²) in [6, 6.07) is 7.41. The second kappa shape index (κ2) is 5.77. The Labute approximate surface area is 155 Å². The number of oxazole rings is 1. The van der Waals surface area contributed by atoms with Gasteiger partial charge in [-0.3, -0.25) is 14.2 Å². The van der Waals surface area contributed by atoms with Crippen LogP contribution in [0.15, 0.2) is 33.5 Å². The van der Waals surface area contributed by atoms with Gasteiger partial charge in [0.1, 0.15) is 5.82 Å². The molecule has 7 nitrogen and oxygen atoms in total. The van der Waals surface area contributed by atoms with Crippen LogP contribution in [0.25, 0.3) is 10.9 Å². The Bertz CT molecular complexity index is 1130. The van der Waals surface area contributed by atoms with Crippen LogP contribution in [0.5, 0.6) is 0 Å². The van der Waals surface area contributed by atoms with Gasteiger partial charge in [-0.05, 0) is 31.9 Å². The molecule has 27 heavy (non-hydrogen) atoms. The van der Waals surface area contributed by atoms with Crippen LogP contribution in [0.1, 0.15) is 40.8 Å². The molecule has 0 unspecified atom stereocenters. The zero-order chi connectivity index (χ0) is 18.7. The first-order valence-corrected chi connectivity index (χ1v) is 9.28. The maximum Gasteiger partial charge on any atom is 0.292 e. The Morgan fingerprint density at radius 2 is 1.93 bits per heavy atom. The minimum Gasteiger partial charge on any atom is -0.436 e. The molecule has 1 fully saturated rings. The van der Waals surface area contributed by atoms with E-state index in [1.54, 1.807) is 18.4 Å². The summed E-state index contributed by atoms with van der Waals surface area (Å²) in [5.41, 5.74) is 1.30. The van der Waals surface area contributed by atoms with Crippen molar-refractivity contribution in [3.8, 4) is 0 Å². The lowest BCUT2D eigenvalue weighted by atomic mass is 10.1. The van der Waals surface area contributed by atoms with Crippen molar-refractivity contribution in [3.05, 3.63) is 57.8 Å². The van der Waals surface area contributed by atoms with Crippen molar-refractivity contribution in [2.45, 2.75) is 51.7 Å². The Kier molecular flexibility index (Phi) is 3.47. The summed E-state index contributed by atoms with van der Waals surface area (Å²) in [6.45, 7) is 4.00. The number of carbonyl (C=O) groups excluding carboxylic acids is 1. The third kappa shape index (κ3) is 2.41. The van der Waals surface area contributed by atoms with Crippen molar-refractivity contribution in [3.63, 3.8) is 0 Å². The Hall–Kier alpha value is -2.96. The molecule has 2 atom stereocenters. The van der Waals surface area contributed by atoms with Crippen LogP contribution in [-0.4, -0.2) is 37.4 Å². The third-order valence-corrected chi connectivity index (χ3v) is 5.70. The number of amides is 1. The van der Waals surface area contributed by atoms with Gasteiger partial charge in [0.25, 0.3) is 11.5 Å². The minimum atomic E-state index is -0.133. The summed E-state index contributed by atoms with van der Waals surface area (Å²) < 4.78 is 7.33. The standard InChI is InChI=1S/C20H20N4O3/c1-11-18(27-12(2)21-11)20(26)24-13-7-8-14(24)10-23-17(9-13)22-16-6-4-3-5-15(16)19(23)25/h3-6,13-14H,7-10H2,1-2H3/t13-,14+/m1/s1. The van der Waals surface area contributed by atoms with E-state index in [2.05, 4.69) is 4.98 Å². The molecule has 2 aliphatic heterocycles. The molecule has 138 valence electrons. The number of aromatic nitrogens is 3. The van der Waals surface area contributed by atoms with Gasteiger partial charge in [-0.1, -0.05) is 12.1 Å². The smallest absolute Gasteiger partial charge is 0.292 e.